The number of nitrogens with one attached hydrogen (secondary N) is 1. The molecule has 2 aliphatic heterocycles. The van der Waals surface area contributed by atoms with Gasteiger partial charge >= 0.3 is 11.8 Å². The summed E-state index contributed by atoms with van der Waals surface area (Å²) < 4.78 is 2.08. The van der Waals surface area contributed by atoms with Gasteiger partial charge in [0.2, 0.25) is 0 Å². The number of carbonyl (C=O) groups excluding carboxylic acids is 2. The highest BCUT2D eigenvalue weighted by molar-refractivity contribution is 6.34. The van der Waals surface area contributed by atoms with Crippen LogP contribution in [-0.2, 0) is 35.6 Å². The van der Waals surface area contributed by atoms with Crippen molar-refractivity contribution in [1.82, 2.24) is 24.9 Å². The number of nitrogens with zero attached hydrogens (tertiary/aromatic N) is 4. The van der Waals surface area contributed by atoms with E-state index in [4.69, 9.17) is 34.0 Å². The molecule has 10 heteroatoms. The molecule has 0 atom stereocenters. The van der Waals surface area contributed by atoms with E-state index in [0.717, 1.165) is 72.8 Å². The van der Waals surface area contributed by atoms with E-state index in [9.17, 15) is 9.59 Å². The molecule has 3 aromatic rings. The van der Waals surface area contributed by atoms with Gasteiger partial charge in [-0.2, -0.15) is 5.10 Å². The first-order valence-corrected chi connectivity index (χ1v) is 15.8. The number of hydrogen-bond acceptors (Lipinski definition) is 5. The fourth-order valence-corrected chi connectivity index (χ4v) is 6.17. The van der Waals surface area contributed by atoms with E-state index in [-0.39, 0.29) is 6.54 Å². The molecule has 2 aliphatic rings. The molecule has 2 aromatic carbocycles. The third-order valence-electron chi connectivity index (χ3n) is 8.12. The molecule has 43 heavy (non-hydrogen) atoms. The Morgan fingerprint density at radius 2 is 1.79 bits per heavy atom. The number of nitrogens with two attached hydrogens (primary N) is 1. The summed E-state index contributed by atoms with van der Waals surface area (Å²) in [5, 5.41) is 9.59. The summed E-state index contributed by atoms with van der Waals surface area (Å²) in [4.78, 5) is 28.2. The lowest BCUT2D eigenvalue weighted by molar-refractivity contribution is -0.144. The van der Waals surface area contributed by atoms with E-state index in [1.807, 2.05) is 36.4 Å². The van der Waals surface area contributed by atoms with Gasteiger partial charge in [0.05, 0.1) is 17.3 Å². The van der Waals surface area contributed by atoms with E-state index in [1.54, 1.807) is 0 Å². The van der Waals surface area contributed by atoms with Gasteiger partial charge in [-0.05, 0) is 81.3 Å². The second-order valence-corrected chi connectivity index (χ2v) is 11.9. The van der Waals surface area contributed by atoms with Gasteiger partial charge in [0.1, 0.15) is 0 Å². The zero-order valence-corrected chi connectivity index (χ0v) is 26.1. The summed E-state index contributed by atoms with van der Waals surface area (Å²) >= 11 is 13.0. The highest BCUT2D eigenvalue weighted by Gasteiger charge is 2.30. The number of hydrogen-bond donors (Lipinski definition) is 2. The van der Waals surface area contributed by atoms with Crippen LogP contribution in [0.15, 0.2) is 36.4 Å². The van der Waals surface area contributed by atoms with Crippen LogP contribution < -0.4 is 11.1 Å². The van der Waals surface area contributed by atoms with Crippen molar-refractivity contribution in [3.63, 3.8) is 0 Å². The van der Waals surface area contributed by atoms with Gasteiger partial charge in [-0.3, -0.25) is 14.3 Å². The molecule has 1 fully saturated rings. The van der Waals surface area contributed by atoms with Gasteiger partial charge in [-0.1, -0.05) is 54.5 Å². The van der Waals surface area contributed by atoms with Gasteiger partial charge in [0, 0.05) is 59.0 Å². The Morgan fingerprint density at radius 1 is 1.00 bits per heavy atom. The molecule has 3 N–H and O–H groups in total. The van der Waals surface area contributed by atoms with E-state index < -0.39 is 11.8 Å². The lowest BCUT2D eigenvalue weighted by Crippen LogP contribution is -2.43. The standard InChI is InChI=1S/C33H38Cl2N6O2/c1-2-37-21-26-19-23(8-11-29(26)35)7-9-24-20-25(10-12-28(24)34)31-27-22-40(33(43)32(36)42)18-13-30(27)41(38-31)17-6-16-39-14-4-3-5-15-39/h8,10-12,19-20,37H,2-6,13-18,21-22H2,1H3,(H2,36,42). The van der Waals surface area contributed by atoms with E-state index in [2.05, 4.69) is 33.7 Å². The number of rotatable bonds is 8. The van der Waals surface area contributed by atoms with Crippen molar-refractivity contribution in [3.8, 4) is 23.1 Å². The van der Waals surface area contributed by atoms with Gasteiger partial charge < -0.3 is 20.9 Å². The van der Waals surface area contributed by atoms with Crippen molar-refractivity contribution < 1.29 is 9.59 Å². The van der Waals surface area contributed by atoms with Gasteiger partial charge in [0.25, 0.3) is 0 Å². The van der Waals surface area contributed by atoms with Crippen LogP contribution in [0.3, 0.4) is 0 Å². The summed E-state index contributed by atoms with van der Waals surface area (Å²) in [6, 6.07) is 11.5. The Balaban J connectivity index is 1.44. The largest absolute Gasteiger partial charge is 0.361 e. The molecular weight excluding hydrogens is 583 g/mol. The average molecular weight is 622 g/mol. The zero-order chi connectivity index (χ0) is 30.3. The Morgan fingerprint density at radius 3 is 2.56 bits per heavy atom. The first kappa shape index (κ1) is 31.1. The SMILES string of the molecule is CCNCc1cc(C#Cc2cc(-c3nn(CCCN4CCCCC4)c4c3CN(C(=O)C(N)=O)CC4)ccc2Cl)ccc1Cl. The molecular formula is C33H38Cl2N6O2. The number of benzene rings is 2. The van der Waals surface area contributed by atoms with Crippen molar-refractivity contribution in [2.45, 2.75) is 58.7 Å². The van der Waals surface area contributed by atoms with Gasteiger partial charge in [-0.15, -0.1) is 0 Å². The van der Waals surface area contributed by atoms with Crippen LogP contribution in [0.1, 0.15) is 60.6 Å². The number of amides is 2. The quantitative estimate of drug-likeness (QED) is 0.283. The normalized spacial score (nSPS) is 15.1. The Hall–Kier alpha value is -3.35. The van der Waals surface area contributed by atoms with Crippen molar-refractivity contribution in [3.05, 3.63) is 74.4 Å². The molecule has 3 heterocycles. The molecule has 0 radical (unpaired) electrons. The van der Waals surface area contributed by atoms with E-state index >= 15 is 0 Å². The average Bonchev–Trinajstić information content (AvgIpc) is 3.38. The van der Waals surface area contributed by atoms with Crippen molar-refractivity contribution in [2.24, 2.45) is 5.73 Å². The number of fused-ring (bicyclic) bond motifs is 1. The van der Waals surface area contributed by atoms with Crippen LogP contribution in [0.25, 0.3) is 11.3 Å². The lowest BCUT2D eigenvalue weighted by Gasteiger charge is -2.27. The maximum absolute atomic E-state index is 12.5. The van der Waals surface area contributed by atoms with E-state index in [1.165, 1.54) is 24.2 Å². The molecule has 5 rings (SSSR count). The monoisotopic (exact) mass is 620 g/mol. The molecule has 0 saturated carbocycles. The number of aromatic nitrogens is 2. The molecule has 1 aromatic heterocycles. The third kappa shape index (κ3) is 7.60. The smallest absolute Gasteiger partial charge is 0.311 e. The van der Waals surface area contributed by atoms with Crippen LogP contribution in [0.4, 0.5) is 0 Å². The fraction of sp³-hybridized carbons (Fsp3) is 0.424. The number of likely N-dealkylation sites (tertiary alicyclic amines) is 1. The first-order chi connectivity index (χ1) is 20.8. The highest BCUT2D eigenvalue weighted by Crippen LogP contribution is 2.32. The predicted molar refractivity (Wildman–Crippen MR) is 171 cm³/mol. The first-order valence-electron chi connectivity index (χ1n) is 15.0. The second-order valence-electron chi connectivity index (χ2n) is 11.1. The topological polar surface area (TPSA) is 96.5 Å². The number of piperidine rings is 1. The minimum absolute atomic E-state index is 0.279. The molecule has 0 spiro atoms. The number of halogens is 2. The number of carbonyl (C=O) groups is 2. The molecule has 2 amide bonds. The summed E-state index contributed by atoms with van der Waals surface area (Å²) in [6.07, 6.45) is 5.45. The minimum Gasteiger partial charge on any atom is -0.361 e. The van der Waals surface area contributed by atoms with Crippen LogP contribution >= 0.6 is 23.2 Å². The van der Waals surface area contributed by atoms with Crippen LogP contribution in [0.5, 0.6) is 0 Å². The Bertz CT molecular complexity index is 1550. The van der Waals surface area contributed by atoms with Crippen molar-refractivity contribution in [2.75, 3.05) is 32.7 Å². The summed E-state index contributed by atoms with van der Waals surface area (Å²) in [5.74, 6) is 4.84. The third-order valence-corrected chi connectivity index (χ3v) is 8.82. The van der Waals surface area contributed by atoms with E-state index in [0.29, 0.717) is 35.1 Å². The number of primary amides is 1. The molecule has 8 nitrogen and oxygen atoms in total. The number of aryl methyl sites for hydroxylation is 1. The molecule has 1 saturated heterocycles. The highest BCUT2D eigenvalue weighted by atomic mass is 35.5. The maximum atomic E-state index is 12.5. The molecule has 0 bridgehead atoms. The van der Waals surface area contributed by atoms with Crippen LogP contribution in [0.2, 0.25) is 10.0 Å². The second kappa shape index (κ2) is 14.4. The molecule has 0 unspecified atom stereocenters. The molecule has 226 valence electrons. The Kier molecular flexibility index (Phi) is 10.4. The Labute approximate surface area is 263 Å². The van der Waals surface area contributed by atoms with Gasteiger partial charge in [0.15, 0.2) is 0 Å². The lowest BCUT2D eigenvalue weighted by atomic mass is 9.99. The van der Waals surface area contributed by atoms with Crippen molar-refractivity contribution >= 4 is 35.0 Å². The summed E-state index contributed by atoms with van der Waals surface area (Å²) in [5.41, 5.74) is 11.5. The predicted octanol–water partition coefficient (Wildman–Crippen LogP) is 4.61. The summed E-state index contributed by atoms with van der Waals surface area (Å²) in [6.45, 7) is 8.43. The van der Waals surface area contributed by atoms with Crippen molar-refractivity contribution in [1.29, 1.82) is 0 Å². The molecule has 0 aliphatic carbocycles. The van der Waals surface area contributed by atoms with Crippen LogP contribution in [-0.4, -0.2) is 64.1 Å². The fourth-order valence-electron chi connectivity index (χ4n) is 5.82. The maximum Gasteiger partial charge on any atom is 0.311 e. The summed E-state index contributed by atoms with van der Waals surface area (Å²) in [7, 11) is 0. The zero-order valence-electron chi connectivity index (χ0n) is 24.6. The van der Waals surface area contributed by atoms with Gasteiger partial charge in [-0.25, -0.2) is 0 Å². The minimum atomic E-state index is -0.946. The van der Waals surface area contributed by atoms with Crippen LogP contribution in [0, 0.1) is 11.8 Å².